The summed E-state index contributed by atoms with van der Waals surface area (Å²) in [5, 5.41) is 12.2. The van der Waals surface area contributed by atoms with Crippen molar-refractivity contribution in [3.8, 4) is 0 Å². The van der Waals surface area contributed by atoms with E-state index in [2.05, 4.69) is 17.0 Å². The van der Waals surface area contributed by atoms with Crippen molar-refractivity contribution in [2.24, 2.45) is 5.92 Å². The Balaban J connectivity index is 1.67. The van der Waals surface area contributed by atoms with E-state index in [-0.39, 0.29) is 11.3 Å². The normalized spacial score (nSPS) is 16.3. The number of sulfonamides is 1. The van der Waals surface area contributed by atoms with Crippen molar-refractivity contribution in [2.45, 2.75) is 70.1 Å². The van der Waals surface area contributed by atoms with Gasteiger partial charge in [-0.3, -0.25) is 4.72 Å². The van der Waals surface area contributed by atoms with Crippen molar-refractivity contribution < 1.29 is 22.7 Å². The molecule has 2 aromatic rings. The van der Waals surface area contributed by atoms with Crippen molar-refractivity contribution in [1.82, 2.24) is 5.32 Å². The van der Waals surface area contributed by atoms with Gasteiger partial charge in [0.05, 0.1) is 5.69 Å². The van der Waals surface area contributed by atoms with E-state index in [4.69, 9.17) is 9.52 Å². The number of rotatable bonds is 9. The third-order valence-electron chi connectivity index (χ3n) is 5.70. The number of aromatic carboxylic acids is 1. The van der Waals surface area contributed by atoms with Crippen LogP contribution in [0.3, 0.4) is 0 Å². The molecule has 3 N–H and O–H groups in total. The van der Waals surface area contributed by atoms with Gasteiger partial charge in [-0.25, -0.2) is 4.79 Å². The van der Waals surface area contributed by atoms with Crippen LogP contribution in [-0.2, 0) is 16.6 Å². The zero-order chi connectivity index (χ0) is 21.7. The highest BCUT2D eigenvalue weighted by molar-refractivity contribution is 7.92. The van der Waals surface area contributed by atoms with Crippen molar-refractivity contribution in [1.29, 1.82) is 0 Å². The lowest BCUT2D eigenvalue weighted by Crippen LogP contribution is -2.29. The van der Waals surface area contributed by atoms with Crippen molar-refractivity contribution >= 4 is 21.7 Å². The Bertz CT molecular complexity index is 977. The Morgan fingerprint density at radius 2 is 1.93 bits per heavy atom. The number of hydrogen-bond donors (Lipinski definition) is 3. The van der Waals surface area contributed by atoms with Gasteiger partial charge in [-0.15, -0.1) is 0 Å². The minimum atomic E-state index is -4.04. The van der Waals surface area contributed by atoms with E-state index in [1.165, 1.54) is 39.0 Å². The van der Waals surface area contributed by atoms with Crippen LogP contribution in [0.4, 0.5) is 5.69 Å². The molecule has 1 atom stereocenters. The molecule has 0 saturated heterocycles. The highest BCUT2D eigenvalue weighted by Gasteiger charge is 2.24. The molecular formula is C22H30N2O5S. The molecule has 1 aliphatic carbocycles. The summed E-state index contributed by atoms with van der Waals surface area (Å²) in [5.74, 6) is -0.413. The lowest BCUT2D eigenvalue weighted by molar-refractivity contribution is 0.0695. The Labute approximate surface area is 177 Å². The topological polar surface area (TPSA) is 109 Å². The molecule has 1 saturated carbocycles. The van der Waals surface area contributed by atoms with Crippen LogP contribution in [0.5, 0.6) is 0 Å². The average Bonchev–Trinajstić information content (AvgIpc) is 3.11. The van der Waals surface area contributed by atoms with Crippen LogP contribution in [0.2, 0.25) is 0 Å². The number of carboxylic acid groups (broad SMARTS) is 1. The zero-order valence-electron chi connectivity index (χ0n) is 17.5. The van der Waals surface area contributed by atoms with Gasteiger partial charge in [0.2, 0.25) is 5.09 Å². The molecule has 1 fully saturated rings. The standard InChI is InChI=1S/C22H30N2O5S/c1-15(12-17-8-4-3-5-9-17)23-14-18-10-6-7-11-20(18)24-30(27,28)21-13-19(22(25)26)16(2)29-21/h6-7,10-11,13,15,17,23-24H,3-5,8-9,12,14H2,1-2H3,(H,25,26)/t15-/m0/s1. The first-order valence-electron chi connectivity index (χ1n) is 10.4. The van der Waals surface area contributed by atoms with E-state index in [1.54, 1.807) is 12.1 Å². The fourth-order valence-corrected chi connectivity index (χ4v) is 5.16. The van der Waals surface area contributed by atoms with Crippen molar-refractivity contribution in [3.05, 3.63) is 47.2 Å². The van der Waals surface area contributed by atoms with Crippen LogP contribution >= 0.6 is 0 Å². The van der Waals surface area contributed by atoms with Crippen molar-refractivity contribution in [3.63, 3.8) is 0 Å². The van der Waals surface area contributed by atoms with Crippen LogP contribution in [0.15, 0.2) is 39.8 Å². The Hall–Kier alpha value is -2.32. The molecule has 0 spiro atoms. The van der Waals surface area contributed by atoms with Crippen LogP contribution in [-0.4, -0.2) is 25.5 Å². The summed E-state index contributed by atoms with van der Waals surface area (Å²) in [6.07, 6.45) is 7.69. The van der Waals surface area contributed by atoms with Crippen LogP contribution in [0.1, 0.15) is 67.1 Å². The van der Waals surface area contributed by atoms with E-state index in [0.29, 0.717) is 18.3 Å². The molecule has 1 heterocycles. The highest BCUT2D eigenvalue weighted by Crippen LogP contribution is 2.28. The van der Waals surface area contributed by atoms with Gasteiger partial charge < -0.3 is 14.8 Å². The first kappa shape index (κ1) is 22.4. The molecule has 0 aliphatic heterocycles. The van der Waals surface area contributed by atoms with Crippen LogP contribution in [0, 0.1) is 12.8 Å². The highest BCUT2D eigenvalue weighted by atomic mass is 32.2. The molecular weight excluding hydrogens is 404 g/mol. The fourth-order valence-electron chi connectivity index (χ4n) is 4.06. The molecule has 164 valence electrons. The number of hydrogen-bond acceptors (Lipinski definition) is 5. The van der Waals surface area contributed by atoms with Gasteiger partial charge in [0.25, 0.3) is 10.0 Å². The molecule has 0 bridgehead atoms. The molecule has 0 radical (unpaired) electrons. The van der Waals surface area contributed by atoms with Gasteiger partial charge in [0, 0.05) is 18.7 Å². The largest absolute Gasteiger partial charge is 0.478 e. The summed E-state index contributed by atoms with van der Waals surface area (Å²) in [5.41, 5.74) is 1.10. The molecule has 7 nitrogen and oxygen atoms in total. The lowest BCUT2D eigenvalue weighted by Gasteiger charge is -2.25. The van der Waals surface area contributed by atoms with Crippen molar-refractivity contribution in [2.75, 3.05) is 4.72 Å². The molecule has 30 heavy (non-hydrogen) atoms. The Morgan fingerprint density at radius 3 is 2.60 bits per heavy atom. The summed E-state index contributed by atoms with van der Waals surface area (Å²) < 4.78 is 33.2. The second-order valence-corrected chi connectivity index (χ2v) is 9.74. The maximum atomic E-state index is 12.7. The maximum absolute atomic E-state index is 12.7. The first-order valence-corrected chi connectivity index (χ1v) is 11.9. The third-order valence-corrected chi connectivity index (χ3v) is 6.92. The molecule has 0 unspecified atom stereocenters. The number of furan rings is 1. The van der Waals surface area contributed by atoms with Gasteiger partial charge in [0.15, 0.2) is 0 Å². The maximum Gasteiger partial charge on any atom is 0.339 e. The quantitative estimate of drug-likeness (QED) is 0.535. The van der Waals surface area contributed by atoms with E-state index in [9.17, 15) is 13.2 Å². The minimum Gasteiger partial charge on any atom is -0.478 e. The molecule has 3 rings (SSSR count). The van der Waals surface area contributed by atoms with Crippen LogP contribution < -0.4 is 10.0 Å². The van der Waals surface area contributed by atoms with Crippen LogP contribution in [0.25, 0.3) is 0 Å². The van der Waals surface area contributed by atoms with Gasteiger partial charge >= 0.3 is 5.97 Å². The van der Waals surface area contributed by atoms with E-state index in [1.807, 2.05) is 12.1 Å². The predicted octanol–water partition coefficient (Wildman–Crippen LogP) is 4.54. The number of aryl methyl sites for hydroxylation is 1. The molecule has 1 aromatic carbocycles. The van der Waals surface area contributed by atoms with Gasteiger partial charge in [-0.1, -0.05) is 50.3 Å². The number of para-hydroxylation sites is 1. The SMILES string of the molecule is Cc1oc(S(=O)(=O)Nc2ccccc2CN[C@@H](C)CC2CCCCC2)cc1C(=O)O. The zero-order valence-corrected chi connectivity index (χ0v) is 18.3. The summed E-state index contributed by atoms with van der Waals surface area (Å²) >= 11 is 0. The second-order valence-electron chi connectivity index (χ2n) is 8.12. The van der Waals surface area contributed by atoms with E-state index >= 15 is 0 Å². The number of carbonyl (C=O) groups is 1. The fraction of sp³-hybridized carbons (Fsp3) is 0.500. The lowest BCUT2D eigenvalue weighted by atomic mass is 9.85. The summed E-state index contributed by atoms with van der Waals surface area (Å²) in [7, 11) is -4.04. The number of nitrogens with one attached hydrogen (secondary N) is 2. The third kappa shape index (κ3) is 5.64. The molecule has 8 heteroatoms. The van der Waals surface area contributed by atoms with Gasteiger partial charge in [-0.2, -0.15) is 8.42 Å². The molecule has 0 amide bonds. The molecule has 1 aliphatic rings. The first-order chi connectivity index (χ1) is 14.3. The number of carboxylic acids is 1. The summed E-state index contributed by atoms with van der Waals surface area (Å²) in [6, 6.07) is 8.54. The summed E-state index contributed by atoms with van der Waals surface area (Å²) in [6.45, 7) is 4.12. The monoisotopic (exact) mass is 434 g/mol. The molecule has 1 aromatic heterocycles. The predicted molar refractivity (Wildman–Crippen MR) is 115 cm³/mol. The van der Waals surface area contributed by atoms with Gasteiger partial charge in [0.1, 0.15) is 11.3 Å². The summed E-state index contributed by atoms with van der Waals surface area (Å²) in [4.78, 5) is 11.2. The Morgan fingerprint density at radius 1 is 1.23 bits per heavy atom. The van der Waals surface area contributed by atoms with Gasteiger partial charge in [-0.05, 0) is 37.8 Å². The average molecular weight is 435 g/mol. The van der Waals surface area contributed by atoms with E-state index < -0.39 is 21.1 Å². The Kier molecular flexibility index (Phi) is 7.20. The minimum absolute atomic E-state index is 0.0503. The number of anilines is 1. The number of benzene rings is 1. The van der Waals surface area contributed by atoms with E-state index in [0.717, 1.165) is 24.0 Å². The second kappa shape index (κ2) is 9.66. The smallest absolute Gasteiger partial charge is 0.339 e.